The summed E-state index contributed by atoms with van der Waals surface area (Å²) in [6.07, 6.45) is 4.37. The Morgan fingerprint density at radius 2 is 2.04 bits per heavy atom. The Kier molecular flexibility index (Phi) is 4.33. The van der Waals surface area contributed by atoms with Crippen molar-refractivity contribution in [3.05, 3.63) is 60.4 Å². The fourth-order valence-electron chi connectivity index (χ4n) is 2.43. The van der Waals surface area contributed by atoms with Crippen molar-refractivity contribution in [2.45, 2.75) is 26.3 Å². The molecule has 3 rings (SSSR count). The van der Waals surface area contributed by atoms with Crippen LogP contribution in [-0.2, 0) is 0 Å². The Hall–Kier alpha value is -2.75. The standard InChI is InChI=1S/C19H19N3O/c1-3-13(2)21-19(23)16-11-18(14-7-6-10-20-12-14)22-17-9-5-4-8-15(16)17/h4-13H,3H2,1-2H3,(H,21,23)/t13-/m0/s1. The minimum absolute atomic E-state index is 0.0666. The second-order valence-corrected chi connectivity index (χ2v) is 5.60. The van der Waals surface area contributed by atoms with Crippen LogP contribution in [0, 0.1) is 0 Å². The molecule has 4 nitrogen and oxygen atoms in total. The number of nitrogens with one attached hydrogen (secondary N) is 1. The number of hydrogen-bond donors (Lipinski definition) is 1. The van der Waals surface area contributed by atoms with E-state index in [4.69, 9.17) is 0 Å². The molecule has 116 valence electrons. The summed E-state index contributed by atoms with van der Waals surface area (Å²) in [6.45, 7) is 4.06. The molecule has 1 N–H and O–H groups in total. The number of hydrogen-bond acceptors (Lipinski definition) is 3. The number of rotatable bonds is 4. The average molecular weight is 305 g/mol. The molecule has 0 fully saturated rings. The van der Waals surface area contributed by atoms with E-state index in [-0.39, 0.29) is 11.9 Å². The minimum Gasteiger partial charge on any atom is -0.350 e. The van der Waals surface area contributed by atoms with Crippen LogP contribution >= 0.6 is 0 Å². The van der Waals surface area contributed by atoms with E-state index in [1.165, 1.54) is 0 Å². The van der Waals surface area contributed by atoms with Gasteiger partial charge in [0.25, 0.3) is 5.91 Å². The molecule has 0 bridgehead atoms. The first-order valence-electron chi connectivity index (χ1n) is 7.80. The molecule has 3 aromatic rings. The van der Waals surface area contributed by atoms with Gasteiger partial charge in [0.1, 0.15) is 0 Å². The van der Waals surface area contributed by atoms with Gasteiger partial charge in [0.05, 0.1) is 16.8 Å². The van der Waals surface area contributed by atoms with Crippen LogP contribution in [0.3, 0.4) is 0 Å². The monoisotopic (exact) mass is 305 g/mol. The van der Waals surface area contributed by atoms with E-state index >= 15 is 0 Å². The third-order valence-corrected chi connectivity index (χ3v) is 3.91. The predicted octanol–water partition coefficient (Wildman–Crippen LogP) is 3.83. The number of carbonyl (C=O) groups excluding carboxylic acids is 1. The lowest BCUT2D eigenvalue weighted by atomic mass is 10.0. The molecule has 23 heavy (non-hydrogen) atoms. The summed E-state index contributed by atoms with van der Waals surface area (Å²) in [4.78, 5) is 21.5. The number of aromatic nitrogens is 2. The topological polar surface area (TPSA) is 54.9 Å². The molecular weight excluding hydrogens is 286 g/mol. The third-order valence-electron chi connectivity index (χ3n) is 3.91. The number of pyridine rings is 2. The molecule has 1 atom stereocenters. The van der Waals surface area contributed by atoms with E-state index < -0.39 is 0 Å². The van der Waals surface area contributed by atoms with Gasteiger partial charge in [0, 0.05) is 29.4 Å². The quantitative estimate of drug-likeness (QED) is 0.797. The number of para-hydroxylation sites is 1. The van der Waals surface area contributed by atoms with Crippen molar-refractivity contribution in [1.82, 2.24) is 15.3 Å². The van der Waals surface area contributed by atoms with Crippen molar-refractivity contribution in [1.29, 1.82) is 0 Å². The highest BCUT2D eigenvalue weighted by Crippen LogP contribution is 2.24. The fourth-order valence-corrected chi connectivity index (χ4v) is 2.43. The van der Waals surface area contributed by atoms with Crippen LogP contribution in [0.2, 0.25) is 0 Å². The largest absolute Gasteiger partial charge is 0.350 e. The lowest BCUT2D eigenvalue weighted by Crippen LogP contribution is -2.32. The molecule has 2 aromatic heterocycles. The average Bonchev–Trinajstić information content (AvgIpc) is 2.61. The zero-order valence-corrected chi connectivity index (χ0v) is 13.3. The third kappa shape index (κ3) is 3.21. The van der Waals surface area contributed by atoms with Gasteiger partial charge in [-0.1, -0.05) is 25.1 Å². The summed E-state index contributed by atoms with van der Waals surface area (Å²) in [5, 5.41) is 3.90. The van der Waals surface area contributed by atoms with Gasteiger partial charge in [-0.25, -0.2) is 4.98 Å². The summed E-state index contributed by atoms with van der Waals surface area (Å²) in [5.41, 5.74) is 3.11. The second kappa shape index (κ2) is 6.57. The van der Waals surface area contributed by atoms with E-state index in [1.807, 2.05) is 49.4 Å². The molecule has 0 aliphatic heterocycles. The summed E-state index contributed by atoms with van der Waals surface area (Å²) < 4.78 is 0. The molecule has 0 spiro atoms. The van der Waals surface area contributed by atoms with E-state index in [0.29, 0.717) is 5.56 Å². The Labute approximate surface area is 135 Å². The normalized spacial score (nSPS) is 12.1. The van der Waals surface area contributed by atoms with Crippen LogP contribution in [-0.4, -0.2) is 21.9 Å². The zero-order chi connectivity index (χ0) is 16.2. The summed E-state index contributed by atoms with van der Waals surface area (Å²) in [6, 6.07) is 13.5. The summed E-state index contributed by atoms with van der Waals surface area (Å²) in [7, 11) is 0. The predicted molar refractivity (Wildman–Crippen MR) is 92.2 cm³/mol. The minimum atomic E-state index is -0.0666. The Morgan fingerprint density at radius 3 is 2.78 bits per heavy atom. The highest BCUT2D eigenvalue weighted by atomic mass is 16.1. The highest BCUT2D eigenvalue weighted by molar-refractivity contribution is 6.07. The summed E-state index contributed by atoms with van der Waals surface area (Å²) >= 11 is 0. The van der Waals surface area contributed by atoms with E-state index in [0.717, 1.165) is 28.6 Å². The molecule has 0 saturated carbocycles. The smallest absolute Gasteiger partial charge is 0.252 e. The first kappa shape index (κ1) is 15.2. The van der Waals surface area contributed by atoms with Crippen molar-refractivity contribution >= 4 is 16.8 Å². The maximum Gasteiger partial charge on any atom is 0.252 e. The molecule has 0 unspecified atom stereocenters. The SMILES string of the molecule is CC[C@H](C)NC(=O)c1cc(-c2cccnc2)nc2ccccc12. The van der Waals surface area contributed by atoms with Crippen LogP contribution in [0.25, 0.3) is 22.2 Å². The van der Waals surface area contributed by atoms with Gasteiger partial charge in [-0.3, -0.25) is 9.78 Å². The van der Waals surface area contributed by atoms with E-state index in [1.54, 1.807) is 12.4 Å². The molecule has 0 aliphatic carbocycles. The van der Waals surface area contributed by atoms with Crippen molar-refractivity contribution in [2.24, 2.45) is 0 Å². The molecule has 1 aromatic carbocycles. The van der Waals surface area contributed by atoms with Crippen LogP contribution in [0.5, 0.6) is 0 Å². The van der Waals surface area contributed by atoms with Crippen LogP contribution < -0.4 is 5.32 Å². The zero-order valence-electron chi connectivity index (χ0n) is 13.3. The van der Waals surface area contributed by atoms with E-state index in [9.17, 15) is 4.79 Å². The molecule has 0 saturated heterocycles. The van der Waals surface area contributed by atoms with Gasteiger partial charge in [-0.2, -0.15) is 0 Å². The Bertz CT molecular complexity index is 830. The van der Waals surface area contributed by atoms with Crippen LogP contribution in [0.1, 0.15) is 30.6 Å². The van der Waals surface area contributed by atoms with Crippen LogP contribution in [0.4, 0.5) is 0 Å². The summed E-state index contributed by atoms with van der Waals surface area (Å²) in [5.74, 6) is -0.0666. The number of fused-ring (bicyclic) bond motifs is 1. The fraction of sp³-hybridized carbons (Fsp3) is 0.211. The van der Waals surface area contributed by atoms with Gasteiger partial charge in [-0.05, 0) is 37.6 Å². The maximum absolute atomic E-state index is 12.7. The molecule has 0 aliphatic rings. The van der Waals surface area contributed by atoms with Gasteiger partial charge in [0.2, 0.25) is 0 Å². The molecule has 2 heterocycles. The van der Waals surface area contributed by atoms with Gasteiger partial charge in [0.15, 0.2) is 0 Å². The first-order chi connectivity index (χ1) is 11.2. The lowest BCUT2D eigenvalue weighted by molar-refractivity contribution is 0.0941. The van der Waals surface area contributed by atoms with E-state index in [2.05, 4.69) is 22.2 Å². The Morgan fingerprint density at radius 1 is 1.22 bits per heavy atom. The van der Waals surface area contributed by atoms with Crippen molar-refractivity contribution < 1.29 is 4.79 Å². The van der Waals surface area contributed by atoms with Crippen molar-refractivity contribution in [2.75, 3.05) is 0 Å². The van der Waals surface area contributed by atoms with Gasteiger partial charge in [-0.15, -0.1) is 0 Å². The van der Waals surface area contributed by atoms with Gasteiger partial charge < -0.3 is 5.32 Å². The van der Waals surface area contributed by atoms with Crippen molar-refractivity contribution in [3.8, 4) is 11.3 Å². The molecule has 1 amide bonds. The number of amides is 1. The Balaban J connectivity index is 2.13. The van der Waals surface area contributed by atoms with Crippen LogP contribution in [0.15, 0.2) is 54.9 Å². The highest BCUT2D eigenvalue weighted by Gasteiger charge is 2.15. The van der Waals surface area contributed by atoms with Gasteiger partial charge >= 0.3 is 0 Å². The molecular formula is C19H19N3O. The first-order valence-corrected chi connectivity index (χ1v) is 7.80. The van der Waals surface area contributed by atoms with Crippen molar-refractivity contribution in [3.63, 3.8) is 0 Å². The number of benzene rings is 1. The molecule has 4 heteroatoms. The lowest BCUT2D eigenvalue weighted by Gasteiger charge is -2.14. The molecule has 0 radical (unpaired) electrons. The number of carbonyl (C=O) groups is 1. The second-order valence-electron chi connectivity index (χ2n) is 5.60. The number of nitrogens with zero attached hydrogens (tertiary/aromatic N) is 2. The maximum atomic E-state index is 12.7.